The van der Waals surface area contributed by atoms with E-state index in [0.29, 0.717) is 6.54 Å². The molecule has 2 fully saturated rings. The van der Waals surface area contributed by atoms with E-state index in [1.54, 1.807) is 0 Å². The molecule has 2 bridgehead atoms. The summed E-state index contributed by atoms with van der Waals surface area (Å²) in [5, 5.41) is 0. The van der Waals surface area contributed by atoms with Gasteiger partial charge in [-0.15, -0.1) is 0 Å². The number of nitrogens with one attached hydrogen (secondary N) is 1. The highest BCUT2D eigenvalue weighted by molar-refractivity contribution is 7.89. The highest BCUT2D eigenvalue weighted by Crippen LogP contribution is 2.19. The predicted molar refractivity (Wildman–Crippen MR) is 113 cm³/mol. The van der Waals surface area contributed by atoms with Crippen molar-refractivity contribution in [2.45, 2.75) is 23.5 Å². The molecular formula is C22H27F2N3O3S. The molecule has 2 saturated heterocycles. The Bertz CT molecular complexity index is 957. The average molecular weight is 452 g/mol. The molecule has 2 unspecified atom stereocenters. The number of sulfonamides is 1. The number of morpholine rings is 2. The van der Waals surface area contributed by atoms with Crippen LogP contribution in [0.3, 0.4) is 0 Å². The van der Waals surface area contributed by atoms with Gasteiger partial charge in [-0.2, -0.15) is 0 Å². The second-order valence-electron chi connectivity index (χ2n) is 8.13. The molecule has 2 aromatic rings. The Morgan fingerprint density at radius 3 is 1.94 bits per heavy atom. The normalized spacial score (nSPS) is 22.5. The van der Waals surface area contributed by atoms with E-state index < -0.39 is 15.8 Å². The second-order valence-corrected chi connectivity index (χ2v) is 9.89. The number of ether oxygens (including phenoxy) is 1. The zero-order valence-electron chi connectivity index (χ0n) is 17.2. The zero-order chi connectivity index (χ0) is 21.8. The smallest absolute Gasteiger partial charge is 0.240 e. The van der Waals surface area contributed by atoms with Crippen molar-refractivity contribution in [3.63, 3.8) is 0 Å². The van der Waals surface area contributed by atoms with Gasteiger partial charge in [-0.3, -0.25) is 9.80 Å². The summed E-state index contributed by atoms with van der Waals surface area (Å²) in [5.74, 6) is -0.685. The van der Waals surface area contributed by atoms with Crippen LogP contribution in [0.5, 0.6) is 0 Å². The molecule has 2 aliphatic rings. The van der Waals surface area contributed by atoms with Crippen LogP contribution in [0.15, 0.2) is 53.4 Å². The summed E-state index contributed by atoms with van der Waals surface area (Å²) in [4.78, 5) is 4.67. The number of rotatable bonds is 8. The Hall–Kier alpha value is -1.91. The van der Waals surface area contributed by atoms with Crippen LogP contribution in [0.25, 0.3) is 0 Å². The Kier molecular flexibility index (Phi) is 6.98. The van der Waals surface area contributed by atoms with Gasteiger partial charge in [-0.25, -0.2) is 21.9 Å². The molecule has 1 N–H and O–H groups in total. The molecule has 31 heavy (non-hydrogen) atoms. The van der Waals surface area contributed by atoms with Crippen LogP contribution in [0, 0.1) is 11.6 Å². The maximum absolute atomic E-state index is 13.0. The van der Waals surface area contributed by atoms with Crippen molar-refractivity contribution in [3.05, 3.63) is 65.7 Å². The number of nitrogens with zero attached hydrogens (tertiary/aromatic N) is 2. The number of fused-ring (bicyclic) bond motifs is 2. The van der Waals surface area contributed by atoms with Crippen molar-refractivity contribution in [1.82, 2.24) is 14.5 Å². The average Bonchev–Trinajstić information content (AvgIpc) is 2.73. The molecule has 0 spiro atoms. The van der Waals surface area contributed by atoms with E-state index in [1.807, 2.05) is 12.1 Å². The van der Waals surface area contributed by atoms with Crippen molar-refractivity contribution in [2.75, 3.05) is 45.8 Å². The lowest BCUT2D eigenvalue weighted by atomic mass is 10.1. The fourth-order valence-corrected chi connectivity index (χ4v) is 5.22. The van der Waals surface area contributed by atoms with Crippen LogP contribution in [-0.4, -0.2) is 76.2 Å². The topological polar surface area (TPSA) is 61.9 Å². The molecule has 0 radical (unpaired) electrons. The molecule has 0 aromatic heterocycles. The van der Waals surface area contributed by atoms with E-state index in [-0.39, 0.29) is 29.5 Å². The van der Waals surface area contributed by atoms with Gasteiger partial charge in [-0.1, -0.05) is 12.1 Å². The lowest BCUT2D eigenvalue weighted by molar-refractivity contribution is -0.137. The van der Waals surface area contributed by atoms with Gasteiger partial charge in [0.1, 0.15) is 11.6 Å². The van der Waals surface area contributed by atoms with E-state index in [0.717, 1.165) is 56.8 Å². The summed E-state index contributed by atoms with van der Waals surface area (Å²) in [6.07, 6.45) is 1.05. The standard InChI is InChI=1S/C22H27F2N3O3S/c23-18-3-1-17(2-4-18)9-11-26-13-20-15-27(16-21(14-26)30-20)12-10-25-31(28,29)22-7-5-19(24)6-8-22/h1-8,20-21,25H,9-16H2. The number of benzene rings is 2. The van der Waals surface area contributed by atoms with Gasteiger partial charge < -0.3 is 4.74 Å². The van der Waals surface area contributed by atoms with Crippen LogP contribution in [0.4, 0.5) is 8.78 Å². The van der Waals surface area contributed by atoms with E-state index in [2.05, 4.69) is 14.5 Å². The first-order valence-electron chi connectivity index (χ1n) is 10.5. The number of hydrogen-bond acceptors (Lipinski definition) is 5. The Morgan fingerprint density at radius 2 is 1.35 bits per heavy atom. The van der Waals surface area contributed by atoms with Crippen molar-refractivity contribution in [2.24, 2.45) is 0 Å². The number of hydrogen-bond donors (Lipinski definition) is 1. The predicted octanol–water partition coefficient (Wildman–Crippen LogP) is 1.87. The fourth-order valence-electron chi connectivity index (χ4n) is 4.20. The molecule has 2 heterocycles. The summed E-state index contributed by atoms with van der Waals surface area (Å²) in [6, 6.07) is 11.4. The van der Waals surface area contributed by atoms with E-state index in [9.17, 15) is 17.2 Å². The van der Waals surface area contributed by atoms with Crippen molar-refractivity contribution < 1.29 is 21.9 Å². The molecule has 2 atom stereocenters. The van der Waals surface area contributed by atoms with Crippen LogP contribution in [0.1, 0.15) is 5.56 Å². The van der Waals surface area contributed by atoms with Gasteiger partial charge in [0, 0.05) is 45.8 Å². The number of halogens is 2. The summed E-state index contributed by atoms with van der Waals surface area (Å²) in [7, 11) is -3.65. The molecular weight excluding hydrogens is 424 g/mol. The maximum atomic E-state index is 13.0. The molecule has 2 aliphatic heterocycles. The van der Waals surface area contributed by atoms with Crippen LogP contribution >= 0.6 is 0 Å². The van der Waals surface area contributed by atoms with Gasteiger partial charge >= 0.3 is 0 Å². The van der Waals surface area contributed by atoms with E-state index in [1.165, 1.54) is 24.3 Å². The van der Waals surface area contributed by atoms with E-state index >= 15 is 0 Å². The maximum Gasteiger partial charge on any atom is 0.240 e. The van der Waals surface area contributed by atoms with Gasteiger partial charge in [0.2, 0.25) is 10.0 Å². The molecule has 0 aliphatic carbocycles. The van der Waals surface area contributed by atoms with Crippen molar-refractivity contribution in [1.29, 1.82) is 0 Å². The lowest BCUT2D eigenvalue weighted by Gasteiger charge is -2.46. The minimum absolute atomic E-state index is 0.0598. The zero-order valence-corrected chi connectivity index (χ0v) is 18.0. The minimum atomic E-state index is -3.65. The summed E-state index contributed by atoms with van der Waals surface area (Å²) in [5.41, 5.74) is 1.12. The molecule has 0 saturated carbocycles. The minimum Gasteiger partial charge on any atom is -0.370 e. The highest BCUT2D eigenvalue weighted by Gasteiger charge is 2.34. The third-order valence-corrected chi connectivity index (χ3v) is 7.18. The molecule has 6 nitrogen and oxygen atoms in total. The van der Waals surface area contributed by atoms with Crippen LogP contribution in [-0.2, 0) is 21.2 Å². The Morgan fingerprint density at radius 1 is 0.839 bits per heavy atom. The largest absolute Gasteiger partial charge is 0.370 e. The van der Waals surface area contributed by atoms with Gasteiger partial charge in [0.05, 0.1) is 17.1 Å². The van der Waals surface area contributed by atoms with Crippen molar-refractivity contribution >= 4 is 10.0 Å². The van der Waals surface area contributed by atoms with Gasteiger partial charge in [0.15, 0.2) is 0 Å². The highest BCUT2D eigenvalue weighted by atomic mass is 32.2. The summed E-state index contributed by atoms with van der Waals surface area (Å²) >= 11 is 0. The van der Waals surface area contributed by atoms with Crippen LogP contribution < -0.4 is 4.72 Å². The van der Waals surface area contributed by atoms with E-state index in [4.69, 9.17) is 4.74 Å². The molecule has 9 heteroatoms. The molecule has 2 aromatic carbocycles. The third-order valence-electron chi connectivity index (χ3n) is 5.71. The third kappa shape index (κ3) is 6.08. The SMILES string of the molecule is O=S(=O)(NCCN1CC2CN(CCc3ccc(F)cc3)CC(C1)O2)c1ccc(F)cc1. The molecule has 168 valence electrons. The first-order valence-corrected chi connectivity index (χ1v) is 12.0. The molecule has 4 rings (SSSR count). The summed E-state index contributed by atoms with van der Waals surface area (Å²) < 4.78 is 59.4. The van der Waals surface area contributed by atoms with Crippen LogP contribution in [0.2, 0.25) is 0 Å². The molecule has 0 amide bonds. The first-order chi connectivity index (χ1) is 14.9. The van der Waals surface area contributed by atoms with Crippen molar-refractivity contribution in [3.8, 4) is 0 Å². The first kappa shape index (κ1) is 22.3. The Labute approximate surface area is 181 Å². The van der Waals surface area contributed by atoms with Gasteiger partial charge in [-0.05, 0) is 48.4 Å². The fraction of sp³-hybridized carbons (Fsp3) is 0.455. The lowest BCUT2D eigenvalue weighted by Crippen LogP contribution is -2.60. The summed E-state index contributed by atoms with van der Waals surface area (Å²) in [6.45, 7) is 4.94. The quantitative estimate of drug-likeness (QED) is 0.664. The Balaban J connectivity index is 1.22. The monoisotopic (exact) mass is 451 g/mol. The second kappa shape index (κ2) is 9.70. The van der Waals surface area contributed by atoms with Gasteiger partial charge in [0.25, 0.3) is 0 Å².